The van der Waals surface area contributed by atoms with Gasteiger partial charge in [-0.1, -0.05) is 37.3 Å². The molecule has 3 nitrogen and oxygen atoms in total. The highest BCUT2D eigenvalue weighted by Gasteiger charge is 2.23. The minimum absolute atomic E-state index is 0.369. The predicted octanol–water partition coefficient (Wildman–Crippen LogP) is 1.75. The summed E-state index contributed by atoms with van der Waals surface area (Å²) in [6.45, 7) is 9.57. The molecule has 1 heterocycles. The molecule has 18 heavy (non-hydrogen) atoms. The van der Waals surface area contributed by atoms with E-state index in [1.54, 1.807) is 0 Å². The van der Waals surface area contributed by atoms with Gasteiger partial charge in [0.2, 0.25) is 0 Å². The summed E-state index contributed by atoms with van der Waals surface area (Å²) in [5.41, 5.74) is 1.02. The van der Waals surface area contributed by atoms with Crippen LogP contribution in [0.2, 0.25) is 0 Å². The van der Waals surface area contributed by atoms with Crippen molar-refractivity contribution in [1.82, 2.24) is 9.80 Å². The van der Waals surface area contributed by atoms with E-state index in [-0.39, 0.29) is 6.10 Å². The zero-order valence-electron chi connectivity index (χ0n) is 11.4. The van der Waals surface area contributed by atoms with E-state index in [0.717, 1.165) is 38.3 Å². The molecule has 0 bridgehead atoms. The summed E-state index contributed by atoms with van der Waals surface area (Å²) in [6, 6.07) is 10.5. The molecule has 2 atom stereocenters. The van der Waals surface area contributed by atoms with Gasteiger partial charge in [0.25, 0.3) is 0 Å². The smallest absolute Gasteiger partial charge is 0.0916 e. The Morgan fingerprint density at radius 3 is 2.61 bits per heavy atom. The van der Waals surface area contributed by atoms with Gasteiger partial charge in [0.15, 0.2) is 0 Å². The fourth-order valence-corrected chi connectivity index (χ4v) is 2.73. The Labute approximate surface area is 110 Å². The maximum atomic E-state index is 10.2. The van der Waals surface area contributed by atoms with E-state index >= 15 is 0 Å². The summed E-state index contributed by atoms with van der Waals surface area (Å²) >= 11 is 0. The number of rotatable bonds is 4. The number of aliphatic hydroxyl groups excluding tert-OH is 1. The number of aliphatic hydroxyl groups is 1. The second-order valence-corrected chi connectivity index (χ2v) is 5.16. The molecule has 1 saturated heterocycles. The zero-order valence-corrected chi connectivity index (χ0v) is 11.4. The lowest BCUT2D eigenvalue weighted by atomic mass is 10.1. The molecule has 100 valence electrons. The molecule has 0 aliphatic carbocycles. The summed E-state index contributed by atoms with van der Waals surface area (Å²) in [6.07, 6.45) is -0.369. The van der Waals surface area contributed by atoms with Crippen LogP contribution in [-0.2, 0) is 0 Å². The Morgan fingerprint density at radius 1 is 1.28 bits per heavy atom. The second-order valence-electron chi connectivity index (χ2n) is 5.16. The predicted molar refractivity (Wildman–Crippen MR) is 74.6 cm³/mol. The molecule has 1 aliphatic heterocycles. The maximum absolute atomic E-state index is 10.2. The van der Waals surface area contributed by atoms with Crippen molar-refractivity contribution in [3.63, 3.8) is 0 Å². The highest BCUT2D eigenvalue weighted by Crippen LogP contribution is 2.16. The van der Waals surface area contributed by atoms with Crippen molar-refractivity contribution in [3.8, 4) is 0 Å². The van der Waals surface area contributed by atoms with Crippen molar-refractivity contribution in [2.24, 2.45) is 0 Å². The van der Waals surface area contributed by atoms with Gasteiger partial charge in [0.05, 0.1) is 6.10 Å². The average molecular weight is 248 g/mol. The van der Waals surface area contributed by atoms with Crippen LogP contribution in [0.5, 0.6) is 0 Å². The molecule has 0 amide bonds. The van der Waals surface area contributed by atoms with Crippen LogP contribution < -0.4 is 0 Å². The van der Waals surface area contributed by atoms with Crippen molar-refractivity contribution in [3.05, 3.63) is 35.9 Å². The Morgan fingerprint density at radius 2 is 2.00 bits per heavy atom. The molecule has 1 aliphatic rings. The molecule has 1 aromatic rings. The monoisotopic (exact) mass is 248 g/mol. The number of hydrogen-bond donors (Lipinski definition) is 1. The first-order chi connectivity index (χ1) is 8.70. The fraction of sp³-hybridized carbons (Fsp3) is 0.600. The molecular weight excluding hydrogens is 224 g/mol. The Hall–Kier alpha value is -0.900. The van der Waals surface area contributed by atoms with Gasteiger partial charge in [-0.15, -0.1) is 0 Å². The van der Waals surface area contributed by atoms with Gasteiger partial charge >= 0.3 is 0 Å². The Balaban J connectivity index is 1.87. The summed E-state index contributed by atoms with van der Waals surface area (Å²) in [5.74, 6) is 0. The van der Waals surface area contributed by atoms with Gasteiger partial charge in [0, 0.05) is 32.2 Å². The average Bonchev–Trinajstić information content (AvgIpc) is 2.40. The van der Waals surface area contributed by atoms with Gasteiger partial charge in [-0.2, -0.15) is 0 Å². The number of hydrogen-bond acceptors (Lipinski definition) is 3. The van der Waals surface area contributed by atoms with Crippen molar-refractivity contribution in [2.45, 2.75) is 26.0 Å². The van der Waals surface area contributed by atoms with Crippen molar-refractivity contribution in [1.29, 1.82) is 0 Å². The number of nitrogens with zero attached hydrogens (tertiary/aromatic N) is 2. The quantitative estimate of drug-likeness (QED) is 0.879. The van der Waals surface area contributed by atoms with Crippen LogP contribution in [-0.4, -0.2) is 53.7 Å². The molecule has 1 fully saturated rings. The first-order valence-corrected chi connectivity index (χ1v) is 6.90. The first kappa shape index (κ1) is 13.5. The molecule has 2 unspecified atom stereocenters. The molecule has 0 aromatic heterocycles. The van der Waals surface area contributed by atoms with Gasteiger partial charge in [-0.05, 0) is 19.0 Å². The molecule has 2 rings (SSSR count). The van der Waals surface area contributed by atoms with Gasteiger partial charge in [0.1, 0.15) is 0 Å². The zero-order chi connectivity index (χ0) is 13.0. The van der Waals surface area contributed by atoms with E-state index in [0.29, 0.717) is 6.04 Å². The molecule has 3 heteroatoms. The van der Waals surface area contributed by atoms with E-state index < -0.39 is 0 Å². The number of benzene rings is 1. The first-order valence-electron chi connectivity index (χ1n) is 6.90. The van der Waals surface area contributed by atoms with E-state index in [4.69, 9.17) is 0 Å². The summed E-state index contributed by atoms with van der Waals surface area (Å²) in [7, 11) is 0. The van der Waals surface area contributed by atoms with Crippen LogP contribution in [0.25, 0.3) is 0 Å². The van der Waals surface area contributed by atoms with Crippen LogP contribution in [0, 0.1) is 0 Å². The summed E-state index contributed by atoms with van der Waals surface area (Å²) in [5, 5.41) is 10.2. The summed E-state index contributed by atoms with van der Waals surface area (Å²) < 4.78 is 0. The molecule has 0 spiro atoms. The summed E-state index contributed by atoms with van der Waals surface area (Å²) in [4.78, 5) is 4.86. The fourth-order valence-electron chi connectivity index (χ4n) is 2.73. The molecule has 0 radical (unpaired) electrons. The lowest BCUT2D eigenvalue weighted by molar-refractivity contribution is 0.0478. The Kier molecular flexibility index (Phi) is 4.75. The number of likely N-dealkylation sites (N-methyl/N-ethyl adjacent to an activating group) is 1. The van der Waals surface area contributed by atoms with Crippen LogP contribution in [0.3, 0.4) is 0 Å². The standard InChI is InChI=1S/C15H24N2O/c1-3-17-10-9-16(11-13(17)2)12-15(18)14-7-5-4-6-8-14/h4-8,13,15,18H,3,9-12H2,1-2H3. The van der Waals surface area contributed by atoms with Crippen molar-refractivity contribution in [2.75, 3.05) is 32.7 Å². The lowest BCUT2D eigenvalue weighted by Gasteiger charge is -2.40. The topological polar surface area (TPSA) is 26.7 Å². The molecule has 0 saturated carbocycles. The van der Waals surface area contributed by atoms with Crippen molar-refractivity contribution < 1.29 is 5.11 Å². The minimum atomic E-state index is -0.369. The van der Waals surface area contributed by atoms with E-state index in [9.17, 15) is 5.11 Å². The van der Waals surface area contributed by atoms with Crippen molar-refractivity contribution >= 4 is 0 Å². The maximum Gasteiger partial charge on any atom is 0.0916 e. The minimum Gasteiger partial charge on any atom is -0.387 e. The molecule has 1 N–H and O–H groups in total. The third-order valence-corrected chi connectivity index (χ3v) is 3.87. The SMILES string of the molecule is CCN1CCN(CC(O)c2ccccc2)CC1C. The third-order valence-electron chi connectivity index (χ3n) is 3.87. The normalized spacial score (nSPS) is 24.1. The molecular formula is C15H24N2O. The third kappa shape index (κ3) is 3.31. The van der Waals surface area contributed by atoms with Gasteiger partial charge in [-0.25, -0.2) is 0 Å². The number of β-amino-alcohol motifs (C(OH)–C–C–N with tert-alkyl or cyclic N) is 1. The highest BCUT2D eigenvalue weighted by atomic mass is 16.3. The van der Waals surface area contributed by atoms with Gasteiger partial charge in [-0.3, -0.25) is 9.80 Å². The van der Waals surface area contributed by atoms with Crippen LogP contribution in [0.15, 0.2) is 30.3 Å². The van der Waals surface area contributed by atoms with E-state index in [1.165, 1.54) is 0 Å². The largest absolute Gasteiger partial charge is 0.387 e. The lowest BCUT2D eigenvalue weighted by Crippen LogP contribution is -2.52. The van der Waals surface area contributed by atoms with E-state index in [1.807, 2.05) is 30.3 Å². The Bertz CT molecular complexity index is 355. The number of piperazine rings is 1. The van der Waals surface area contributed by atoms with E-state index in [2.05, 4.69) is 23.6 Å². The highest BCUT2D eigenvalue weighted by molar-refractivity contribution is 5.17. The van der Waals surface area contributed by atoms with Crippen LogP contribution >= 0.6 is 0 Å². The second kappa shape index (κ2) is 6.32. The van der Waals surface area contributed by atoms with Gasteiger partial charge < -0.3 is 5.11 Å². The molecule has 1 aromatic carbocycles. The van der Waals surface area contributed by atoms with Crippen LogP contribution in [0.1, 0.15) is 25.5 Å². The van der Waals surface area contributed by atoms with Crippen LogP contribution in [0.4, 0.5) is 0 Å².